The lowest BCUT2D eigenvalue weighted by Crippen LogP contribution is -2.63. The highest BCUT2D eigenvalue weighted by Crippen LogP contribution is 2.23. The van der Waals surface area contributed by atoms with E-state index in [0.29, 0.717) is 11.1 Å². The van der Waals surface area contributed by atoms with Gasteiger partial charge in [-0.1, -0.05) is 104 Å². The molecule has 0 aliphatic carbocycles. The second kappa shape index (κ2) is 63.0. The quantitative estimate of drug-likeness (QED) is 0.0127. The summed E-state index contributed by atoms with van der Waals surface area (Å²) in [6, 6.07) is -13.9. The van der Waals surface area contributed by atoms with Crippen molar-refractivity contribution in [2.24, 2.45) is 52.3 Å². The Balaban J connectivity index is 1.89. The first-order valence-corrected chi connectivity index (χ1v) is 47.7. The van der Waals surface area contributed by atoms with E-state index < -0.39 is 314 Å². The first-order chi connectivity index (χ1) is 67.6. The van der Waals surface area contributed by atoms with Crippen LogP contribution in [0.3, 0.4) is 0 Å². The number of hydrogen-bond acceptors (Lipinski definition) is 29. The van der Waals surface area contributed by atoms with Crippen molar-refractivity contribution in [3.8, 4) is 5.75 Å². The third kappa shape index (κ3) is 44.6. The Labute approximate surface area is 837 Å². The lowest BCUT2D eigenvalue weighted by atomic mass is 9.96. The van der Waals surface area contributed by atoms with Gasteiger partial charge in [-0.2, -0.15) is 12.6 Å². The van der Waals surface area contributed by atoms with Crippen molar-refractivity contribution in [2.45, 2.75) is 281 Å². The number of benzene rings is 2. The molecule has 1 saturated heterocycles. The number of aliphatic hydroxyl groups is 3. The number of aromatic hydroxyl groups is 1. The van der Waals surface area contributed by atoms with Crippen molar-refractivity contribution >= 4 is 149 Å². The van der Waals surface area contributed by atoms with Gasteiger partial charge in [-0.25, -0.2) is 4.79 Å². The minimum absolute atomic E-state index is 0.00412. The van der Waals surface area contributed by atoms with E-state index in [0.717, 1.165) is 11.8 Å². The zero-order valence-electron chi connectivity index (χ0n) is 82.2. The average Bonchev–Trinajstić information content (AvgIpc) is 1.69. The number of amides is 19. The number of nitrogens with one attached hydrogen (secondary N) is 20. The van der Waals surface area contributed by atoms with E-state index in [4.69, 9.17) is 39.5 Å². The van der Waals surface area contributed by atoms with Crippen LogP contribution in [-0.2, 0) is 114 Å². The van der Waals surface area contributed by atoms with Crippen LogP contribution in [0.2, 0.25) is 0 Å². The maximum Gasteiger partial charge on any atom is 0.326 e. The molecule has 1 aliphatic rings. The van der Waals surface area contributed by atoms with Crippen LogP contribution in [0, 0.1) is 34.5 Å². The molecule has 0 radical (unpaired) electrons. The number of hydrogen-bond donors (Lipinski definition) is 32. The predicted molar refractivity (Wildman–Crippen MR) is 520 cm³/mol. The van der Waals surface area contributed by atoms with Crippen LogP contribution in [0.15, 0.2) is 54.6 Å². The number of carboxylic acids is 2. The largest absolute Gasteiger partial charge is 0.508 e. The molecule has 1 aliphatic heterocycles. The zero-order valence-corrected chi connectivity index (χ0v) is 83.1. The van der Waals surface area contributed by atoms with Gasteiger partial charge in [0.25, 0.3) is 0 Å². The Hall–Kier alpha value is -14.2. The van der Waals surface area contributed by atoms with E-state index in [9.17, 15) is 127 Å². The van der Waals surface area contributed by atoms with Gasteiger partial charge < -0.3 is 160 Å². The number of carboxylic acid groups (broad SMARTS) is 2. The summed E-state index contributed by atoms with van der Waals surface area (Å²) in [6.45, 7) is 12.2. The van der Waals surface area contributed by atoms with E-state index in [-0.39, 0.29) is 108 Å². The molecular formula is C90H144N26O27S. The van der Waals surface area contributed by atoms with Gasteiger partial charge in [0.1, 0.15) is 102 Å². The van der Waals surface area contributed by atoms with Crippen LogP contribution < -0.4 is 124 Å². The fraction of sp³-hybridized carbons (Fsp3) is 0.611. The summed E-state index contributed by atoms with van der Waals surface area (Å²) in [7, 11) is 0. The summed E-state index contributed by atoms with van der Waals surface area (Å²) in [4.78, 5) is 289. The molecule has 2 aromatic rings. The second-order valence-corrected chi connectivity index (χ2v) is 36.4. The van der Waals surface area contributed by atoms with Gasteiger partial charge in [0.2, 0.25) is 112 Å². The van der Waals surface area contributed by atoms with Crippen molar-refractivity contribution in [3.63, 3.8) is 0 Å². The number of primary amides is 2. The molecule has 0 bridgehead atoms. The maximum atomic E-state index is 15.0. The Morgan fingerprint density at radius 2 is 0.868 bits per heavy atom. The van der Waals surface area contributed by atoms with Gasteiger partial charge in [-0.3, -0.25) is 107 Å². The highest BCUT2D eigenvalue weighted by Gasteiger charge is 2.44. The number of nitrogens with zero attached hydrogens (tertiary/aromatic N) is 1. The zero-order chi connectivity index (χ0) is 109. The molecule has 0 unspecified atom stereocenters. The molecule has 0 spiro atoms. The van der Waals surface area contributed by atoms with Gasteiger partial charge in [0.15, 0.2) is 11.9 Å². The minimum atomic E-state index is -2.03. The van der Waals surface area contributed by atoms with Crippen molar-refractivity contribution in [1.82, 2.24) is 101 Å². The molecule has 53 nitrogen and oxygen atoms in total. The molecule has 1 fully saturated rings. The number of carbonyl (C=O) groups excluding carboxylic acids is 19. The molecular weight excluding hydrogens is 1910 g/mol. The molecule has 19 atom stereocenters. The van der Waals surface area contributed by atoms with Crippen molar-refractivity contribution in [1.29, 1.82) is 10.8 Å². The van der Waals surface area contributed by atoms with Gasteiger partial charge in [-0.15, -0.1) is 0 Å². The molecule has 0 aromatic heterocycles. The topological polar surface area (TPSA) is 877 Å². The molecule has 802 valence electrons. The summed E-state index contributed by atoms with van der Waals surface area (Å²) in [5, 5.41) is 120. The van der Waals surface area contributed by atoms with E-state index >= 15 is 4.79 Å². The lowest BCUT2D eigenvalue weighted by Gasteiger charge is -2.32. The number of rotatable bonds is 65. The van der Waals surface area contributed by atoms with Crippen LogP contribution in [0.25, 0.3) is 0 Å². The first kappa shape index (κ1) is 124. The Kier molecular flexibility index (Phi) is 54.2. The normalized spacial score (nSPS) is 16.0. The molecule has 1 heterocycles. The van der Waals surface area contributed by atoms with Crippen molar-refractivity contribution < 1.29 is 131 Å². The number of guanidine groups is 2. The number of phenolic OH excluding ortho intramolecular Hbond substituents is 1. The number of nitrogens with two attached hydrogens (primary N) is 5. The van der Waals surface area contributed by atoms with Crippen LogP contribution in [0.5, 0.6) is 5.75 Å². The first-order valence-electron chi connectivity index (χ1n) is 47.0. The molecule has 19 amide bonds. The number of thiol groups is 1. The predicted octanol–water partition coefficient (Wildman–Crippen LogP) is -9.39. The summed E-state index contributed by atoms with van der Waals surface area (Å²) in [6.07, 6.45) is -5.63. The number of phenols is 1. The van der Waals surface area contributed by atoms with Gasteiger partial charge in [0, 0.05) is 51.1 Å². The average molecular weight is 2050 g/mol. The van der Waals surface area contributed by atoms with E-state index in [2.05, 4.69) is 108 Å². The lowest BCUT2D eigenvalue weighted by molar-refractivity contribution is -0.143. The molecule has 3 rings (SSSR count). The molecule has 2 aromatic carbocycles. The second-order valence-electron chi connectivity index (χ2n) is 36.1. The summed E-state index contributed by atoms with van der Waals surface area (Å²) < 4.78 is 0. The third-order valence-corrected chi connectivity index (χ3v) is 23.1. The van der Waals surface area contributed by atoms with Crippen molar-refractivity contribution in [2.75, 3.05) is 45.1 Å². The summed E-state index contributed by atoms with van der Waals surface area (Å²) in [5.41, 5.74) is 28.6. The van der Waals surface area contributed by atoms with E-state index in [1.807, 2.05) is 0 Å². The fourth-order valence-corrected chi connectivity index (χ4v) is 14.9. The van der Waals surface area contributed by atoms with E-state index in [1.165, 1.54) is 31.2 Å². The highest BCUT2D eigenvalue weighted by atomic mass is 32.1. The van der Waals surface area contributed by atoms with E-state index in [1.54, 1.807) is 85.7 Å². The van der Waals surface area contributed by atoms with Crippen molar-refractivity contribution in [3.05, 3.63) is 65.7 Å². The summed E-state index contributed by atoms with van der Waals surface area (Å²) in [5.74, 6) is -26.6. The van der Waals surface area contributed by atoms with Gasteiger partial charge in [0.05, 0.1) is 38.3 Å². The number of carbonyl (C=O) groups is 21. The SMILES string of the molecule is CC[C@H](C)[C@H](NC(=O)[C@H](CC(C)C)NC(=O)[C@@H](NC(=O)[C@H](CO)NC(=O)[C@H](CCC(N)=O)NC(=O)[C@H](CC(=O)O)NC(=O)[C@@H](N)CCCNC(=N)N)[C@@H](C)O)C(=O)N[C@@H](CCC(N)=O)C(=O)N1CCC[C@H]1C(=O)N[C@@H](CC(C)C)C(=O)N[C@@H](CCCNC(=N)N)C(=O)N[C@@H](CS)C(=O)N[C@@H](Cc1ccc(O)cc1)C(=O)N[C@@H](CO)C(=O)N[C@@H](C)C(=O)N[C@H](C(=O)NCC(=O)N[C@@H](Cc1ccccc1)C(=O)O)C(C)C. The number of aliphatic hydroxyl groups excluding tert-OH is 3. The Morgan fingerprint density at radius 3 is 1.38 bits per heavy atom. The molecule has 54 heteroatoms. The maximum absolute atomic E-state index is 15.0. The number of likely N-dealkylation sites (tertiary alicyclic amines) is 1. The van der Waals surface area contributed by atoms with Crippen LogP contribution in [-0.4, -0.2) is 326 Å². The van der Waals surface area contributed by atoms with Gasteiger partial charge >= 0.3 is 11.9 Å². The number of aliphatic carboxylic acids is 2. The Morgan fingerprint density at radius 1 is 0.444 bits per heavy atom. The monoisotopic (exact) mass is 2050 g/mol. The smallest absolute Gasteiger partial charge is 0.326 e. The standard InChI is InChI=1S/C90H144N26O27S/c1-11-46(8)70(114-79(133)57(35-44(4)5)109-86(140)71(48(10)119)115-81(135)62(41-118)110-75(129)54(27-29-65(92)121)104-78(132)59(38-68(124)125)106-73(127)52(91)20-15-31-98-89(94)95)85(139)105-55(28-30-66(93)122)87(141)116-33-17-22-64(116)83(137)108-56(34-43(2)3)76(130)103-53(21-16-32-99-90(96)97)74(128)112-63(42-144)82(136)107-58(36-50-23-25-51(120)26-24-50)77(131)111-61(40-117)80(134)101-47(9)72(126)113-69(45(6)7)84(138)100-39-67(123)102-60(88(142)143)37-49-18-13-12-14-19-49/h12-14,18-19,23-26,43-48,52-64,69-71,117-120,144H,11,15-17,20-22,27-42,91H2,1-10H3,(H2,92,121)(H2,93,122)(H,100,138)(H,101,134)(H,102,123)(H,103,130)(H,104,132)(H,105,139)(H,106,127)(H,107,136)(H,108,137)(H,109,140)(H,110,129)(H,111,131)(H,112,128)(H,113,126)(H,114,133)(H,115,135)(H,124,125)(H,142,143)(H4,94,95,98)(H4,96,97,99)/t46-,47-,48+,52-,53-,54-,55-,56-,57-,58-,59-,60-,61-,62-,63-,64-,69-,70-,71-/m0/s1. The highest BCUT2D eigenvalue weighted by molar-refractivity contribution is 7.80. The molecule has 144 heavy (non-hydrogen) atoms. The van der Waals surface area contributed by atoms with Crippen LogP contribution in [0.1, 0.15) is 170 Å². The van der Waals surface area contributed by atoms with Crippen LogP contribution in [0.4, 0.5) is 0 Å². The van der Waals surface area contributed by atoms with Gasteiger partial charge in [-0.05, 0) is 125 Å². The van der Waals surface area contributed by atoms with Crippen LogP contribution >= 0.6 is 12.6 Å². The Bertz CT molecular complexity index is 4750. The fourth-order valence-electron chi connectivity index (χ4n) is 14.6. The summed E-state index contributed by atoms with van der Waals surface area (Å²) >= 11 is 4.32. The minimum Gasteiger partial charge on any atom is -0.508 e. The molecule has 0 saturated carbocycles. The molecule has 36 N–H and O–H groups in total. The third-order valence-electron chi connectivity index (χ3n) is 22.7.